The number of thiophene rings is 2. The predicted octanol–water partition coefficient (Wildman–Crippen LogP) is 6.09. The minimum atomic E-state index is -1.20. The predicted molar refractivity (Wildman–Crippen MR) is 107 cm³/mol. The van der Waals surface area contributed by atoms with Gasteiger partial charge < -0.3 is 5.11 Å². The van der Waals surface area contributed by atoms with Crippen LogP contribution in [0.4, 0.5) is 0 Å². The van der Waals surface area contributed by atoms with Crippen LogP contribution in [-0.4, -0.2) is 9.32 Å². The molecule has 2 nitrogen and oxygen atoms in total. The molecule has 25 heavy (non-hydrogen) atoms. The molecule has 2 aromatic rings. The van der Waals surface area contributed by atoms with Crippen molar-refractivity contribution in [3.05, 3.63) is 40.1 Å². The van der Waals surface area contributed by atoms with E-state index in [0.29, 0.717) is 0 Å². The summed E-state index contributed by atoms with van der Waals surface area (Å²) in [7, 11) is -1.20. The summed E-state index contributed by atoms with van der Waals surface area (Å²) in [5.41, 5.74) is 2.64. The highest BCUT2D eigenvalue weighted by molar-refractivity contribution is 7.89. The van der Waals surface area contributed by atoms with Crippen molar-refractivity contribution in [1.82, 2.24) is 0 Å². The third kappa shape index (κ3) is 3.44. The second-order valence-electron chi connectivity index (χ2n) is 7.08. The lowest BCUT2D eigenvalue weighted by atomic mass is 9.81. The fourth-order valence-corrected chi connectivity index (χ4v) is 8.12. The van der Waals surface area contributed by atoms with Gasteiger partial charge in [-0.3, -0.25) is 0 Å². The van der Waals surface area contributed by atoms with Crippen LogP contribution in [0.2, 0.25) is 0 Å². The Morgan fingerprint density at radius 1 is 0.960 bits per heavy atom. The van der Waals surface area contributed by atoms with E-state index in [1.54, 1.807) is 11.3 Å². The first-order valence-corrected chi connectivity index (χ1v) is 12.1. The van der Waals surface area contributed by atoms with Crippen molar-refractivity contribution < 1.29 is 9.32 Å². The molecule has 0 bridgehead atoms. The average Bonchev–Trinajstić information content (AvgIpc) is 3.32. The van der Waals surface area contributed by atoms with E-state index in [4.69, 9.17) is 0 Å². The smallest absolute Gasteiger partial charge is 0.106 e. The summed E-state index contributed by atoms with van der Waals surface area (Å²) in [6, 6.07) is 4.12. The van der Waals surface area contributed by atoms with Crippen LogP contribution >= 0.6 is 22.7 Å². The first kappa shape index (κ1) is 17.7. The SMILES string of the molecule is O=S(c1sccc1C1=CCCCC1)c1sccc1C1(O)CCCCC1. The van der Waals surface area contributed by atoms with Crippen molar-refractivity contribution in [1.29, 1.82) is 0 Å². The van der Waals surface area contributed by atoms with E-state index in [1.807, 2.05) is 11.4 Å². The largest absolute Gasteiger partial charge is 0.385 e. The van der Waals surface area contributed by atoms with Gasteiger partial charge in [0.1, 0.15) is 19.2 Å². The van der Waals surface area contributed by atoms with E-state index in [1.165, 1.54) is 36.2 Å². The summed E-state index contributed by atoms with van der Waals surface area (Å²) >= 11 is 3.12. The molecule has 0 aromatic carbocycles. The molecule has 0 radical (unpaired) electrons. The molecule has 5 heteroatoms. The lowest BCUT2D eigenvalue weighted by Crippen LogP contribution is -2.29. The second kappa shape index (κ2) is 7.47. The van der Waals surface area contributed by atoms with Gasteiger partial charge in [-0.25, -0.2) is 4.21 Å². The summed E-state index contributed by atoms with van der Waals surface area (Å²) in [6.45, 7) is 0. The monoisotopic (exact) mass is 392 g/mol. The van der Waals surface area contributed by atoms with Crippen molar-refractivity contribution in [2.45, 2.75) is 71.8 Å². The Morgan fingerprint density at radius 2 is 1.72 bits per heavy atom. The zero-order chi connectivity index (χ0) is 17.3. The molecule has 1 unspecified atom stereocenters. The van der Waals surface area contributed by atoms with Gasteiger partial charge in [0, 0.05) is 11.1 Å². The highest BCUT2D eigenvalue weighted by Crippen LogP contribution is 2.44. The molecule has 4 rings (SSSR count). The maximum absolute atomic E-state index is 13.4. The minimum absolute atomic E-state index is 0.787. The molecule has 2 aromatic heterocycles. The lowest BCUT2D eigenvalue weighted by Gasteiger charge is -2.32. The summed E-state index contributed by atoms with van der Waals surface area (Å²) in [4.78, 5) is 0. The van der Waals surface area contributed by atoms with Crippen LogP contribution in [0.1, 0.15) is 68.9 Å². The van der Waals surface area contributed by atoms with Crippen LogP contribution in [0.5, 0.6) is 0 Å². The first-order chi connectivity index (χ1) is 12.2. The number of aliphatic hydroxyl groups is 1. The highest BCUT2D eigenvalue weighted by atomic mass is 32.2. The van der Waals surface area contributed by atoms with E-state index in [0.717, 1.165) is 58.1 Å². The van der Waals surface area contributed by atoms with E-state index in [2.05, 4.69) is 17.5 Å². The molecule has 1 N–H and O–H groups in total. The third-order valence-electron chi connectivity index (χ3n) is 5.42. The Balaban J connectivity index is 1.68. The first-order valence-electron chi connectivity index (χ1n) is 9.18. The van der Waals surface area contributed by atoms with Gasteiger partial charge in [0.15, 0.2) is 0 Å². The topological polar surface area (TPSA) is 37.3 Å². The molecule has 0 saturated heterocycles. The molecule has 1 saturated carbocycles. The summed E-state index contributed by atoms with van der Waals surface area (Å²) in [5, 5.41) is 15.2. The van der Waals surface area contributed by atoms with Crippen LogP contribution in [0.3, 0.4) is 0 Å². The van der Waals surface area contributed by atoms with Gasteiger partial charge in [0.25, 0.3) is 0 Å². The Labute approximate surface area is 160 Å². The van der Waals surface area contributed by atoms with Gasteiger partial charge in [-0.2, -0.15) is 0 Å². The van der Waals surface area contributed by atoms with Gasteiger partial charge in [0.05, 0.1) is 5.60 Å². The molecule has 1 atom stereocenters. The van der Waals surface area contributed by atoms with Crippen LogP contribution in [0.25, 0.3) is 5.57 Å². The van der Waals surface area contributed by atoms with E-state index < -0.39 is 16.4 Å². The maximum atomic E-state index is 13.4. The van der Waals surface area contributed by atoms with Crippen LogP contribution in [-0.2, 0) is 16.4 Å². The van der Waals surface area contributed by atoms with Gasteiger partial charge in [0.2, 0.25) is 0 Å². The van der Waals surface area contributed by atoms with Crippen molar-refractivity contribution in [3.8, 4) is 0 Å². The third-order valence-corrected chi connectivity index (χ3v) is 9.43. The van der Waals surface area contributed by atoms with Crippen molar-refractivity contribution in [2.24, 2.45) is 0 Å². The van der Waals surface area contributed by atoms with Crippen LogP contribution in [0, 0.1) is 0 Å². The number of allylic oxidation sites excluding steroid dienone is 2. The Bertz CT molecular complexity index is 793. The van der Waals surface area contributed by atoms with Crippen molar-refractivity contribution in [2.75, 3.05) is 0 Å². The summed E-state index contributed by atoms with van der Waals surface area (Å²) in [6.07, 6.45) is 11.9. The molecular formula is C20H24O2S3. The van der Waals surface area contributed by atoms with Crippen LogP contribution < -0.4 is 0 Å². The number of rotatable bonds is 4. The highest BCUT2D eigenvalue weighted by Gasteiger charge is 2.35. The zero-order valence-electron chi connectivity index (χ0n) is 14.3. The molecule has 1 fully saturated rings. The Hall–Kier alpha value is -0.750. The number of hydrogen-bond donors (Lipinski definition) is 1. The summed E-state index contributed by atoms with van der Waals surface area (Å²) in [5.74, 6) is 0. The van der Waals surface area contributed by atoms with E-state index in [-0.39, 0.29) is 0 Å². The molecule has 0 spiro atoms. The zero-order valence-corrected chi connectivity index (χ0v) is 16.8. The molecule has 134 valence electrons. The maximum Gasteiger partial charge on any atom is 0.106 e. The van der Waals surface area contributed by atoms with Gasteiger partial charge in [-0.1, -0.05) is 25.3 Å². The van der Waals surface area contributed by atoms with Crippen LogP contribution in [0.15, 0.2) is 37.4 Å². The van der Waals surface area contributed by atoms with E-state index >= 15 is 0 Å². The summed E-state index contributed by atoms with van der Waals surface area (Å²) < 4.78 is 15.2. The quantitative estimate of drug-likeness (QED) is 0.684. The van der Waals surface area contributed by atoms with Gasteiger partial charge in [-0.05, 0) is 67.0 Å². The molecule has 0 aliphatic heterocycles. The molecule has 2 aliphatic rings. The van der Waals surface area contributed by atoms with Gasteiger partial charge in [-0.15, -0.1) is 22.7 Å². The molecule has 2 heterocycles. The minimum Gasteiger partial charge on any atom is -0.385 e. The Kier molecular flexibility index (Phi) is 5.28. The fraction of sp³-hybridized carbons (Fsp3) is 0.500. The normalized spacial score (nSPS) is 21.7. The standard InChI is InChI=1S/C20H24O2S3/c21-20(11-5-2-6-12-20)17-10-14-24-19(17)25(22)18-16(9-13-23-18)15-7-3-1-4-8-15/h7,9-10,13-14,21H,1-6,8,11-12H2. The fourth-order valence-electron chi connectivity index (χ4n) is 4.03. The average molecular weight is 393 g/mol. The lowest BCUT2D eigenvalue weighted by molar-refractivity contribution is -0.00245. The Morgan fingerprint density at radius 3 is 2.48 bits per heavy atom. The molecule has 0 amide bonds. The second-order valence-corrected chi connectivity index (χ2v) is 10.8. The molecular weight excluding hydrogens is 368 g/mol. The van der Waals surface area contributed by atoms with Crippen molar-refractivity contribution in [3.63, 3.8) is 0 Å². The van der Waals surface area contributed by atoms with Crippen molar-refractivity contribution >= 4 is 39.0 Å². The van der Waals surface area contributed by atoms with Gasteiger partial charge >= 0.3 is 0 Å². The molecule has 2 aliphatic carbocycles. The number of hydrogen-bond acceptors (Lipinski definition) is 4. The van der Waals surface area contributed by atoms with E-state index in [9.17, 15) is 9.32 Å².